The number of benzene rings is 1. The summed E-state index contributed by atoms with van der Waals surface area (Å²) in [5, 5.41) is 37.6. The molecule has 16 heavy (non-hydrogen) atoms. The Hall–Kier alpha value is -2.15. The number of hydrogen-bond acceptors (Lipinski definition) is 5. The number of rotatable bonds is 4. The molecule has 0 fully saturated rings. The van der Waals surface area contributed by atoms with Crippen LogP contribution in [0.15, 0.2) is 18.2 Å². The number of aliphatic hydroxyl groups is 1. The third-order valence-electron chi connectivity index (χ3n) is 1.95. The molecule has 86 valence electrons. The van der Waals surface area contributed by atoms with Crippen LogP contribution in [-0.2, 0) is 4.79 Å². The largest absolute Gasteiger partial charge is 0.508 e. The van der Waals surface area contributed by atoms with Crippen LogP contribution in [0.3, 0.4) is 0 Å². The molecule has 0 aliphatic rings. The monoisotopic (exact) mass is 227 g/mol. The Labute approximate surface area is 89.7 Å². The molecule has 0 amide bonds. The highest BCUT2D eigenvalue weighted by atomic mass is 16.6. The number of phenols is 1. The maximum absolute atomic E-state index is 10.4. The van der Waals surface area contributed by atoms with Crippen molar-refractivity contribution in [3.05, 3.63) is 33.9 Å². The van der Waals surface area contributed by atoms with Crippen LogP contribution in [-0.4, -0.2) is 26.2 Å². The lowest BCUT2D eigenvalue weighted by molar-refractivity contribution is -0.385. The number of nitro benzene ring substituents is 1. The second kappa shape index (κ2) is 4.58. The minimum Gasteiger partial charge on any atom is -0.508 e. The summed E-state index contributed by atoms with van der Waals surface area (Å²) in [6.07, 6.45) is -2.10. The van der Waals surface area contributed by atoms with E-state index in [2.05, 4.69) is 0 Å². The first kappa shape index (κ1) is 11.9. The molecular weight excluding hydrogens is 218 g/mol. The summed E-state index contributed by atoms with van der Waals surface area (Å²) in [6.45, 7) is 0. The number of aliphatic carboxylic acids is 1. The van der Waals surface area contributed by atoms with Crippen LogP contribution < -0.4 is 0 Å². The Bertz CT molecular complexity index is 430. The van der Waals surface area contributed by atoms with Crippen molar-refractivity contribution in [2.75, 3.05) is 0 Å². The van der Waals surface area contributed by atoms with Crippen LogP contribution in [0.1, 0.15) is 18.1 Å². The summed E-state index contributed by atoms with van der Waals surface area (Å²) in [5.41, 5.74) is -0.492. The number of phenolic OH excluding ortho intramolecular Hbond substituents is 1. The van der Waals surface area contributed by atoms with Crippen LogP contribution in [0.2, 0.25) is 0 Å². The van der Waals surface area contributed by atoms with Crippen molar-refractivity contribution in [3.8, 4) is 5.75 Å². The van der Waals surface area contributed by atoms with Gasteiger partial charge in [-0.2, -0.15) is 0 Å². The van der Waals surface area contributed by atoms with Gasteiger partial charge in [0.25, 0.3) is 5.69 Å². The zero-order valence-electron chi connectivity index (χ0n) is 8.03. The quantitative estimate of drug-likeness (QED) is 0.516. The maximum Gasteiger partial charge on any atom is 0.306 e. The van der Waals surface area contributed by atoms with E-state index in [4.69, 9.17) is 5.11 Å². The average molecular weight is 227 g/mol. The number of carboxylic acids is 1. The van der Waals surface area contributed by atoms with Crippen molar-refractivity contribution in [2.24, 2.45) is 0 Å². The second-order valence-electron chi connectivity index (χ2n) is 3.11. The molecule has 7 heteroatoms. The molecule has 0 heterocycles. The number of hydrogen-bond donors (Lipinski definition) is 3. The van der Waals surface area contributed by atoms with Gasteiger partial charge in [-0.1, -0.05) is 0 Å². The fourth-order valence-corrected chi connectivity index (χ4v) is 1.20. The molecular formula is C9H9NO6. The van der Waals surface area contributed by atoms with Crippen molar-refractivity contribution in [1.29, 1.82) is 0 Å². The summed E-state index contributed by atoms with van der Waals surface area (Å²) in [5.74, 6) is -1.64. The fourth-order valence-electron chi connectivity index (χ4n) is 1.20. The molecule has 0 saturated heterocycles. The highest BCUT2D eigenvalue weighted by Crippen LogP contribution is 2.29. The van der Waals surface area contributed by atoms with Gasteiger partial charge in [0.05, 0.1) is 17.4 Å². The summed E-state index contributed by atoms with van der Waals surface area (Å²) < 4.78 is 0. The SMILES string of the molecule is O=C(O)CC(O)c1cc([N+](=O)[O-])ccc1O. The predicted molar refractivity (Wildman–Crippen MR) is 52.0 cm³/mol. The number of aliphatic hydroxyl groups excluding tert-OH is 1. The first-order valence-corrected chi connectivity index (χ1v) is 4.29. The van der Waals surface area contributed by atoms with Crippen LogP contribution in [0, 0.1) is 10.1 Å². The Kier molecular flexibility index (Phi) is 3.41. The molecule has 3 N–H and O–H groups in total. The Morgan fingerprint density at radius 3 is 2.62 bits per heavy atom. The number of carbonyl (C=O) groups is 1. The lowest BCUT2D eigenvalue weighted by Gasteiger charge is -2.09. The topological polar surface area (TPSA) is 121 Å². The smallest absolute Gasteiger partial charge is 0.306 e. The first-order valence-electron chi connectivity index (χ1n) is 4.29. The average Bonchev–Trinajstić information content (AvgIpc) is 2.16. The summed E-state index contributed by atoms with van der Waals surface area (Å²) in [6, 6.07) is 3.05. The predicted octanol–water partition coefficient (Wildman–Crippen LogP) is 0.808. The van der Waals surface area contributed by atoms with Gasteiger partial charge in [0, 0.05) is 17.7 Å². The highest BCUT2D eigenvalue weighted by molar-refractivity contribution is 5.68. The van der Waals surface area contributed by atoms with Crippen LogP contribution in [0.5, 0.6) is 5.75 Å². The van der Waals surface area contributed by atoms with Crippen molar-refractivity contribution in [2.45, 2.75) is 12.5 Å². The molecule has 0 saturated carbocycles. The number of nitro groups is 1. The summed E-state index contributed by atoms with van der Waals surface area (Å²) in [4.78, 5) is 20.1. The van der Waals surface area contributed by atoms with Gasteiger partial charge >= 0.3 is 5.97 Å². The van der Waals surface area contributed by atoms with Gasteiger partial charge in [-0.15, -0.1) is 0 Å². The van der Waals surface area contributed by atoms with E-state index < -0.39 is 23.4 Å². The molecule has 7 nitrogen and oxygen atoms in total. The van der Waals surface area contributed by atoms with Crippen LogP contribution >= 0.6 is 0 Å². The molecule has 1 unspecified atom stereocenters. The van der Waals surface area contributed by atoms with Gasteiger partial charge in [-0.05, 0) is 6.07 Å². The van der Waals surface area contributed by atoms with E-state index >= 15 is 0 Å². The van der Waals surface area contributed by atoms with Crippen molar-refractivity contribution < 1.29 is 25.0 Å². The fraction of sp³-hybridized carbons (Fsp3) is 0.222. The third-order valence-corrected chi connectivity index (χ3v) is 1.95. The zero-order chi connectivity index (χ0) is 12.3. The molecule has 0 aliphatic carbocycles. The van der Waals surface area contributed by atoms with Crippen LogP contribution in [0.4, 0.5) is 5.69 Å². The van der Waals surface area contributed by atoms with Crippen molar-refractivity contribution in [3.63, 3.8) is 0 Å². The van der Waals surface area contributed by atoms with E-state index in [1.54, 1.807) is 0 Å². The first-order chi connectivity index (χ1) is 7.41. The minimum absolute atomic E-state index is 0.170. The Morgan fingerprint density at radius 2 is 2.12 bits per heavy atom. The van der Waals surface area contributed by atoms with Gasteiger partial charge in [-0.3, -0.25) is 14.9 Å². The number of nitrogens with zero attached hydrogens (tertiary/aromatic N) is 1. The van der Waals surface area contributed by atoms with Crippen molar-refractivity contribution in [1.82, 2.24) is 0 Å². The molecule has 0 aromatic heterocycles. The number of carboxylic acid groups (broad SMARTS) is 1. The van der Waals surface area contributed by atoms with E-state index in [9.17, 15) is 25.1 Å². The molecule has 0 bridgehead atoms. The molecule has 0 spiro atoms. The number of aromatic hydroxyl groups is 1. The maximum atomic E-state index is 10.4. The van der Waals surface area contributed by atoms with E-state index in [-0.39, 0.29) is 17.0 Å². The molecule has 1 aromatic carbocycles. The number of non-ortho nitro benzene ring substituents is 1. The molecule has 0 aliphatic heterocycles. The Morgan fingerprint density at radius 1 is 1.50 bits per heavy atom. The van der Waals surface area contributed by atoms with E-state index in [1.807, 2.05) is 0 Å². The normalized spacial score (nSPS) is 12.1. The van der Waals surface area contributed by atoms with Gasteiger partial charge in [0.2, 0.25) is 0 Å². The van der Waals surface area contributed by atoms with Crippen molar-refractivity contribution >= 4 is 11.7 Å². The lowest BCUT2D eigenvalue weighted by atomic mass is 10.0. The second-order valence-corrected chi connectivity index (χ2v) is 3.11. The van der Waals surface area contributed by atoms with Gasteiger partial charge in [0.1, 0.15) is 5.75 Å². The molecule has 0 radical (unpaired) electrons. The highest BCUT2D eigenvalue weighted by Gasteiger charge is 2.19. The summed E-state index contributed by atoms with van der Waals surface area (Å²) in [7, 11) is 0. The molecule has 1 rings (SSSR count). The van der Waals surface area contributed by atoms with E-state index in [0.717, 1.165) is 18.2 Å². The van der Waals surface area contributed by atoms with Gasteiger partial charge < -0.3 is 15.3 Å². The molecule has 1 atom stereocenters. The summed E-state index contributed by atoms with van der Waals surface area (Å²) >= 11 is 0. The van der Waals surface area contributed by atoms with Gasteiger partial charge in [-0.25, -0.2) is 0 Å². The Balaban J connectivity index is 3.06. The zero-order valence-corrected chi connectivity index (χ0v) is 8.03. The third kappa shape index (κ3) is 2.67. The van der Waals surface area contributed by atoms with Gasteiger partial charge in [0.15, 0.2) is 0 Å². The standard InChI is InChI=1S/C9H9NO6/c11-7-2-1-5(10(15)16)3-6(7)8(12)4-9(13)14/h1-3,8,11-12H,4H2,(H,13,14). The minimum atomic E-state index is -1.47. The lowest BCUT2D eigenvalue weighted by Crippen LogP contribution is -2.06. The van der Waals surface area contributed by atoms with E-state index in [1.165, 1.54) is 0 Å². The molecule has 1 aromatic rings. The van der Waals surface area contributed by atoms with Crippen LogP contribution in [0.25, 0.3) is 0 Å². The van der Waals surface area contributed by atoms with E-state index in [0.29, 0.717) is 0 Å².